The van der Waals surface area contributed by atoms with Gasteiger partial charge in [-0.1, -0.05) is 13.8 Å². The van der Waals surface area contributed by atoms with Crippen molar-refractivity contribution in [3.8, 4) is 17.2 Å². The average molecular weight is 593 g/mol. The molecule has 2 aromatic rings. The molecule has 0 aliphatic carbocycles. The highest BCUT2D eigenvalue weighted by Crippen LogP contribution is 2.44. The van der Waals surface area contributed by atoms with Crippen molar-refractivity contribution in [3.63, 3.8) is 0 Å². The minimum Gasteiger partial charge on any atom is -0.507 e. The van der Waals surface area contributed by atoms with Gasteiger partial charge in [-0.3, -0.25) is 9.36 Å². The van der Waals surface area contributed by atoms with E-state index in [1.54, 1.807) is 26.0 Å². The average Bonchev–Trinajstić information content (AvgIpc) is 2.63. The maximum atomic E-state index is 12.9. The predicted molar refractivity (Wildman–Crippen MR) is 128 cm³/mol. The minimum absolute atomic E-state index is 0.00469. The third-order valence-electron chi connectivity index (χ3n) is 4.57. The number of ether oxygens (including phenoxy) is 1. The van der Waals surface area contributed by atoms with E-state index in [0.717, 1.165) is 4.90 Å². The molecule has 2 rings (SSSR count). The van der Waals surface area contributed by atoms with E-state index in [1.165, 1.54) is 31.9 Å². The van der Waals surface area contributed by atoms with Crippen LogP contribution < -0.4 is 4.74 Å². The van der Waals surface area contributed by atoms with Gasteiger partial charge < -0.3 is 24.7 Å². The van der Waals surface area contributed by atoms with E-state index in [9.17, 15) is 29.3 Å². The Balaban J connectivity index is 2.37. The van der Waals surface area contributed by atoms with Gasteiger partial charge >= 0.3 is 5.97 Å². The van der Waals surface area contributed by atoms with Crippen molar-refractivity contribution in [2.24, 2.45) is 5.92 Å². The molecule has 0 heterocycles. The summed E-state index contributed by atoms with van der Waals surface area (Å²) in [6.45, 7) is 4.66. The highest BCUT2D eigenvalue weighted by Gasteiger charge is 2.31. The van der Waals surface area contributed by atoms with Crippen LogP contribution in [0, 0.1) is 5.92 Å². The van der Waals surface area contributed by atoms with E-state index in [-0.39, 0.29) is 29.1 Å². The molecule has 0 aliphatic heterocycles. The summed E-state index contributed by atoms with van der Waals surface area (Å²) >= 11 is 6.77. The fraction of sp³-hybridized carbons (Fsp3) is 0.333. The lowest BCUT2D eigenvalue weighted by Crippen LogP contribution is -2.45. The van der Waals surface area contributed by atoms with Crippen LogP contribution in [0.2, 0.25) is 0 Å². The molecule has 0 saturated heterocycles. The van der Waals surface area contributed by atoms with E-state index in [2.05, 4.69) is 31.9 Å². The highest BCUT2D eigenvalue weighted by atomic mass is 79.9. The lowest BCUT2D eigenvalue weighted by molar-refractivity contribution is -0.143. The first-order valence-electron chi connectivity index (χ1n) is 9.49. The van der Waals surface area contributed by atoms with Gasteiger partial charge in [0, 0.05) is 19.9 Å². The van der Waals surface area contributed by atoms with Crippen molar-refractivity contribution in [1.29, 1.82) is 0 Å². The summed E-state index contributed by atoms with van der Waals surface area (Å²) < 4.78 is 18.6. The largest absolute Gasteiger partial charge is 0.507 e. The fourth-order valence-corrected chi connectivity index (χ4v) is 5.53. The highest BCUT2D eigenvalue weighted by molar-refractivity contribution is 9.11. The molecule has 8 nitrogen and oxygen atoms in total. The van der Waals surface area contributed by atoms with Crippen LogP contribution in [0.25, 0.3) is 0 Å². The Labute approximate surface area is 202 Å². The monoisotopic (exact) mass is 591 g/mol. The molecule has 11 heteroatoms. The standard InChI is InChI=1S/C21H24Br2NO7P/c1-11(2)18(21(27)28)24(3)20(26)14-9-13(5-6-17(14)25)31-19-15(22)7-12(8-16(19)23)10-32(4,29)30/h5-9,11,18,25H,10H2,1-4H3,(H,27,28)(H,29,30)/t18-/m0/s1. The molecule has 2 atom stereocenters. The molecule has 0 saturated carbocycles. The number of rotatable bonds is 8. The van der Waals surface area contributed by atoms with E-state index in [0.29, 0.717) is 20.3 Å². The van der Waals surface area contributed by atoms with Crippen LogP contribution in [-0.2, 0) is 15.5 Å². The number of phenolic OH excluding ortho intramolecular Hbond substituents is 1. The Hall–Kier alpha value is -1.87. The van der Waals surface area contributed by atoms with Gasteiger partial charge in [-0.2, -0.15) is 0 Å². The Bertz CT molecular complexity index is 1060. The number of hydrogen-bond acceptors (Lipinski definition) is 5. The van der Waals surface area contributed by atoms with Crippen molar-refractivity contribution < 1.29 is 34.0 Å². The zero-order valence-corrected chi connectivity index (χ0v) is 21.9. The predicted octanol–water partition coefficient (Wildman–Crippen LogP) is 5.29. The van der Waals surface area contributed by atoms with Crippen molar-refractivity contribution in [1.82, 2.24) is 4.90 Å². The number of carboxylic acid groups (broad SMARTS) is 1. The quantitative estimate of drug-likeness (QED) is 0.356. The lowest BCUT2D eigenvalue weighted by Gasteiger charge is -2.28. The second-order valence-corrected chi connectivity index (χ2v) is 11.9. The van der Waals surface area contributed by atoms with Crippen molar-refractivity contribution >= 4 is 51.1 Å². The molecule has 2 aromatic carbocycles. The van der Waals surface area contributed by atoms with Crippen molar-refractivity contribution in [2.75, 3.05) is 13.7 Å². The molecular formula is C21H24Br2NO7P. The molecule has 0 fully saturated rings. The second-order valence-electron chi connectivity index (χ2n) is 7.82. The van der Waals surface area contributed by atoms with Gasteiger partial charge in [0.1, 0.15) is 17.5 Å². The number of hydrogen-bond donors (Lipinski definition) is 3. The van der Waals surface area contributed by atoms with E-state index < -0.39 is 25.3 Å². The molecule has 1 unspecified atom stereocenters. The van der Waals surface area contributed by atoms with Gasteiger partial charge in [0.15, 0.2) is 5.75 Å². The Morgan fingerprint density at radius 3 is 2.19 bits per heavy atom. The summed E-state index contributed by atoms with van der Waals surface area (Å²) in [7, 11) is -1.89. The smallest absolute Gasteiger partial charge is 0.326 e. The normalized spacial score (nSPS) is 14.0. The van der Waals surface area contributed by atoms with Gasteiger partial charge in [-0.15, -0.1) is 0 Å². The molecule has 0 aliphatic rings. The Kier molecular flexibility index (Phi) is 8.56. The zero-order chi connectivity index (χ0) is 24.4. The molecule has 0 spiro atoms. The second kappa shape index (κ2) is 10.4. The van der Waals surface area contributed by atoms with Crippen LogP contribution in [-0.4, -0.2) is 51.6 Å². The summed E-state index contributed by atoms with van der Waals surface area (Å²) in [6.07, 6.45) is -0.00469. The summed E-state index contributed by atoms with van der Waals surface area (Å²) in [6, 6.07) is 6.33. The van der Waals surface area contributed by atoms with E-state index >= 15 is 0 Å². The Morgan fingerprint density at radius 1 is 1.16 bits per heavy atom. The van der Waals surface area contributed by atoms with Crippen LogP contribution in [0.15, 0.2) is 39.3 Å². The number of halogens is 2. The third-order valence-corrected chi connectivity index (χ3v) is 6.70. The summed E-state index contributed by atoms with van der Waals surface area (Å²) in [5.41, 5.74) is 0.522. The fourth-order valence-electron chi connectivity index (χ4n) is 3.22. The summed E-state index contributed by atoms with van der Waals surface area (Å²) in [5, 5.41) is 19.7. The number of amides is 1. The molecule has 32 heavy (non-hydrogen) atoms. The molecule has 174 valence electrons. The van der Waals surface area contributed by atoms with Crippen molar-refractivity contribution in [3.05, 3.63) is 50.4 Å². The molecule has 0 bridgehead atoms. The number of nitrogens with zero attached hydrogens (tertiary/aromatic N) is 1. The van der Waals surface area contributed by atoms with Crippen LogP contribution >= 0.6 is 39.2 Å². The molecule has 1 amide bonds. The Morgan fingerprint density at radius 2 is 1.72 bits per heavy atom. The summed E-state index contributed by atoms with van der Waals surface area (Å²) in [5.74, 6) is -1.86. The summed E-state index contributed by atoms with van der Waals surface area (Å²) in [4.78, 5) is 35.2. The van der Waals surface area contributed by atoms with Gasteiger partial charge in [-0.05, 0) is 73.7 Å². The molecule has 0 radical (unpaired) electrons. The van der Waals surface area contributed by atoms with Gasteiger partial charge in [0.05, 0.1) is 14.5 Å². The first kappa shape index (κ1) is 26.4. The SMILES string of the molecule is CC(C)[C@@H](C(=O)O)N(C)C(=O)c1cc(Oc2c(Br)cc(CP(C)(=O)O)cc2Br)ccc1O. The number of likely N-dealkylation sites (N-methyl/N-ethyl adjacent to an activating group) is 1. The van der Waals surface area contributed by atoms with Crippen LogP contribution in [0.5, 0.6) is 17.2 Å². The van der Waals surface area contributed by atoms with Crippen molar-refractivity contribution in [2.45, 2.75) is 26.1 Å². The minimum atomic E-state index is -3.26. The zero-order valence-electron chi connectivity index (χ0n) is 17.9. The van der Waals surface area contributed by atoms with Gasteiger partial charge in [-0.25, -0.2) is 4.79 Å². The number of carboxylic acids is 1. The number of phenols is 1. The van der Waals surface area contributed by atoms with Gasteiger partial charge in [0.2, 0.25) is 7.37 Å². The molecule has 3 N–H and O–H groups in total. The number of benzene rings is 2. The first-order valence-corrected chi connectivity index (χ1v) is 13.4. The number of aromatic hydroxyl groups is 1. The first-order chi connectivity index (χ1) is 14.7. The maximum absolute atomic E-state index is 12.9. The maximum Gasteiger partial charge on any atom is 0.326 e. The number of carbonyl (C=O) groups is 2. The topological polar surface area (TPSA) is 124 Å². The lowest BCUT2D eigenvalue weighted by atomic mass is 10.0. The van der Waals surface area contributed by atoms with Crippen LogP contribution in [0.3, 0.4) is 0 Å². The third kappa shape index (κ3) is 6.57. The molecular weight excluding hydrogens is 569 g/mol. The number of carbonyl (C=O) groups excluding carboxylic acids is 1. The van der Waals surface area contributed by atoms with E-state index in [4.69, 9.17) is 4.74 Å². The molecule has 0 aromatic heterocycles. The van der Waals surface area contributed by atoms with Gasteiger partial charge in [0.25, 0.3) is 5.91 Å². The van der Waals surface area contributed by atoms with Crippen LogP contribution in [0.4, 0.5) is 0 Å². The number of aliphatic carboxylic acids is 1. The van der Waals surface area contributed by atoms with Crippen LogP contribution in [0.1, 0.15) is 29.8 Å². The van der Waals surface area contributed by atoms with E-state index in [1.807, 2.05) is 0 Å².